The van der Waals surface area contributed by atoms with Crippen molar-refractivity contribution in [1.29, 1.82) is 0 Å². The van der Waals surface area contributed by atoms with E-state index in [0.29, 0.717) is 23.2 Å². The minimum atomic E-state index is 0.0873. The predicted molar refractivity (Wildman–Crippen MR) is 108 cm³/mol. The summed E-state index contributed by atoms with van der Waals surface area (Å²) >= 11 is 0. The van der Waals surface area contributed by atoms with Crippen molar-refractivity contribution < 1.29 is 5.11 Å². The average Bonchev–Trinajstić information content (AvgIpc) is 3.32. The molecule has 3 aromatic rings. The number of nitrogens with zero attached hydrogens (tertiary/aromatic N) is 6. The molecule has 8 heteroatoms. The van der Waals surface area contributed by atoms with E-state index >= 15 is 0 Å². The Morgan fingerprint density at radius 1 is 1.21 bits per heavy atom. The van der Waals surface area contributed by atoms with Crippen LogP contribution in [0, 0.1) is 0 Å². The standard InChI is InChI=1S/C20H25N7O/c1-20(2,3)23-14-6-8-26(12-14)19-22-11-17(24-25-19)16-5-4-15(10-18(16)28)27-9-7-21-13-27/h4-5,7,9-11,13-14,23,28H,6,8,12H2,1-3H3. The largest absolute Gasteiger partial charge is 0.507 e. The third kappa shape index (κ3) is 3.96. The summed E-state index contributed by atoms with van der Waals surface area (Å²) in [5, 5.41) is 22.6. The van der Waals surface area contributed by atoms with E-state index in [1.165, 1.54) is 0 Å². The lowest BCUT2D eigenvalue weighted by molar-refractivity contribution is 0.373. The molecule has 4 rings (SSSR count). The third-order valence-corrected chi connectivity index (χ3v) is 4.72. The van der Waals surface area contributed by atoms with Gasteiger partial charge in [-0.25, -0.2) is 9.97 Å². The first-order valence-corrected chi connectivity index (χ1v) is 9.43. The van der Waals surface area contributed by atoms with Crippen molar-refractivity contribution in [3.63, 3.8) is 0 Å². The van der Waals surface area contributed by atoms with Gasteiger partial charge in [-0.05, 0) is 39.3 Å². The predicted octanol–water partition coefficient (Wildman–Crippen LogP) is 2.40. The molecule has 1 aliphatic heterocycles. The summed E-state index contributed by atoms with van der Waals surface area (Å²) in [4.78, 5) is 10.6. The molecule has 2 aromatic heterocycles. The number of benzene rings is 1. The van der Waals surface area contributed by atoms with Gasteiger partial charge >= 0.3 is 0 Å². The number of imidazole rings is 1. The van der Waals surface area contributed by atoms with Gasteiger partial charge in [0.2, 0.25) is 5.95 Å². The van der Waals surface area contributed by atoms with E-state index in [1.54, 1.807) is 24.8 Å². The van der Waals surface area contributed by atoms with Crippen molar-refractivity contribution in [3.8, 4) is 22.7 Å². The highest BCUT2D eigenvalue weighted by Gasteiger charge is 2.27. The molecule has 1 aliphatic rings. The highest BCUT2D eigenvalue weighted by molar-refractivity contribution is 5.68. The second-order valence-electron chi connectivity index (χ2n) is 8.14. The molecule has 0 aliphatic carbocycles. The minimum Gasteiger partial charge on any atom is -0.507 e. The fourth-order valence-electron chi connectivity index (χ4n) is 3.52. The van der Waals surface area contributed by atoms with Gasteiger partial charge in [0.15, 0.2) is 0 Å². The maximum Gasteiger partial charge on any atom is 0.245 e. The van der Waals surface area contributed by atoms with Crippen LogP contribution >= 0.6 is 0 Å². The Labute approximate surface area is 164 Å². The van der Waals surface area contributed by atoms with Crippen LogP contribution in [0.15, 0.2) is 43.1 Å². The smallest absolute Gasteiger partial charge is 0.245 e. The average molecular weight is 379 g/mol. The molecule has 1 aromatic carbocycles. The van der Waals surface area contributed by atoms with E-state index < -0.39 is 0 Å². The van der Waals surface area contributed by atoms with Gasteiger partial charge in [-0.15, -0.1) is 10.2 Å². The fraction of sp³-hybridized carbons (Fsp3) is 0.400. The zero-order valence-corrected chi connectivity index (χ0v) is 16.4. The molecular weight excluding hydrogens is 354 g/mol. The summed E-state index contributed by atoms with van der Waals surface area (Å²) in [5.41, 5.74) is 2.06. The molecule has 0 saturated carbocycles. The zero-order chi connectivity index (χ0) is 19.7. The Morgan fingerprint density at radius 2 is 2.07 bits per heavy atom. The Bertz CT molecular complexity index is 932. The molecule has 1 atom stereocenters. The van der Waals surface area contributed by atoms with Gasteiger partial charge in [0, 0.05) is 48.7 Å². The molecule has 28 heavy (non-hydrogen) atoms. The monoisotopic (exact) mass is 379 g/mol. The zero-order valence-electron chi connectivity index (χ0n) is 16.4. The first-order valence-electron chi connectivity index (χ1n) is 9.43. The van der Waals surface area contributed by atoms with Gasteiger partial charge in [-0.3, -0.25) is 0 Å². The van der Waals surface area contributed by atoms with Crippen LogP contribution in [0.25, 0.3) is 16.9 Å². The molecule has 2 N–H and O–H groups in total. The molecule has 0 bridgehead atoms. The van der Waals surface area contributed by atoms with Gasteiger partial charge in [0.25, 0.3) is 0 Å². The van der Waals surface area contributed by atoms with Crippen molar-refractivity contribution in [3.05, 3.63) is 43.1 Å². The molecule has 3 heterocycles. The maximum atomic E-state index is 10.4. The van der Waals surface area contributed by atoms with Gasteiger partial charge < -0.3 is 19.9 Å². The van der Waals surface area contributed by atoms with Gasteiger partial charge in [0.05, 0.1) is 18.2 Å². The number of aromatic hydroxyl groups is 1. The van der Waals surface area contributed by atoms with Gasteiger partial charge in [-0.2, -0.15) is 0 Å². The highest BCUT2D eigenvalue weighted by Crippen LogP contribution is 2.29. The number of phenolic OH excluding ortho intramolecular Hbond substituents is 1. The van der Waals surface area contributed by atoms with Crippen molar-refractivity contribution in [1.82, 2.24) is 30.0 Å². The van der Waals surface area contributed by atoms with Gasteiger partial charge in [-0.1, -0.05) is 0 Å². The number of nitrogens with one attached hydrogen (secondary N) is 1. The van der Waals surface area contributed by atoms with E-state index in [-0.39, 0.29) is 11.3 Å². The summed E-state index contributed by atoms with van der Waals surface area (Å²) in [6.45, 7) is 8.29. The lowest BCUT2D eigenvalue weighted by atomic mass is 10.1. The SMILES string of the molecule is CC(C)(C)NC1CCN(c2ncc(-c3ccc(-n4ccnc4)cc3O)nn2)C1. The Kier molecular flexibility index (Phi) is 4.72. The van der Waals surface area contributed by atoms with Crippen LogP contribution in [-0.2, 0) is 0 Å². The van der Waals surface area contributed by atoms with Crippen LogP contribution in [0.1, 0.15) is 27.2 Å². The van der Waals surface area contributed by atoms with Gasteiger partial charge in [0.1, 0.15) is 11.4 Å². The Balaban J connectivity index is 1.48. The second-order valence-corrected chi connectivity index (χ2v) is 8.14. The first-order chi connectivity index (χ1) is 13.4. The Hall–Kier alpha value is -3.00. The summed E-state index contributed by atoms with van der Waals surface area (Å²) in [6.07, 6.45) is 7.92. The topological polar surface area (TPSA) is 92.0 Å². The summed E-state index contributed by atoms with van der Waals surface area (Å²) < 4.78 is 1.83. The highest BCUT2D eigenvalue weighted by atomic mass is 16.3. The molecule has 1 fully saturated rings. The maximum absolute atomic E-state index is 10.4. The second kappa shape index (κ2) is 7.20. The van der Waals surface area contributed by atoms with Crippen LogP contribution in [-0.4, -0.2) is 54.5 Å². The summed E-state index contributed by atoms with van der Waals surface area (Å²) in [7, 11) is 0. The number of phenols is 1. The van der Waals surface area contributed by atoms with E-state index in [1.807, 2.05) is 22.9 Å². The van der Waals surface area contributed by atoms with Crippen molar-refractivity contribution in [2.24, 2.45) is 0 Å². The molecule has 146 valence electrons. The molecule has 8 nitrogen and oxygen atoms in total. The van der Waals surface area contributed by atoms with Crippen molar-refractivity contribution >= 4 is 5.95 Å². The van der Waals surface area contributed by atoms with E-state index in [0.717, 1.165) is 25.2 Å². The van der Waals surface area contributed by atoms with Crippen molar-refractivity contribution in [2.75, 3.05) is 18.0 Å². The first kappa shape index (κ1) is 18.4. The van der Waals surface area contributed by atoms with E-state index in [4.69, 9.17) is 0 Å². The summed E-state index contributed by atoms with van der Waals surface area (Å²) in [6, 6.07) is 5.81. The molecule has 1 saturated heterocycles. The van der Waals surface area contributed by atoms with Crippen LogP contribution in [0.2, 0.25) is 0 Å². The van der Waals surface area contributed by atoms with Crippen LogP contribution < -0.4 is 10.2 Å². The number of aromatic nitrogens is 5. The Morgan fingerprint density at radius 3 is 2.71 bits per heavy atom. The lowest BCUT2D eigenvalue weighted by Gasteiger charge is -2.25. The lowest BCUT2D eigenvalue weighted by Crippen LogP contribution is -2.45. The van der Waals surface area contributed by atoms with E-state index in [9.17, 15) is 5.11 Å². The summed E-state index contributed by atoms with van der Waals surface area (Å²) in [5.74, 6) is 0.752. The number of rotatable bonds is 4. The molecule has 0 radical (unpaired) electrons. The van der Waals surface area contributed by atoms with Crippen LogP contribution in [0.4, 0.5) is 5.95 Å². The van der Waals surface area contributed by atoms with Crippen LogP contribution in [0.5, 0.6) is 5.75 Å². The number of hydrogen-bond acceptors (Lipinski definition) is 7. The molecule has 0 amide bonds. The molecular formula is C20H25N7O. The molecule has 1 unspecified atom stereocenters. The fourth-order valence-corrected chi connectivity index (χ4v) is 3.52. The number of hydrogen-bond donors (Lipinski definition) is 2. The number of anilines is 1. The quantitative estimate of drug-likeness (QED) is 0.719. The normalized spacial score (nSPS) is 17.2. The van der Waals surface area contributed by atoms with Crippen molar-refractivity contribution in [2.45, 2.75) is 38.8 Å². The van der Waals surface area contributed by atoms with Crippen LogP contribution in [0.3, 0.4) is 0 Å². The van der Waals surface area contributed by atoms with E-state index in [2.05, 4.69) is 51.2 Å². The minimum absolute atomic E-state index is 0.0873. The third-order valence-electron chi connectivity index (χ3n) is 4.72. The molecule has 0 spiro atoms.